The molecule has 0 aliphatic heterocycles. The lowest BCUT2D eigenvalue weighted by molar-refractivity contribution is -0.138. The molecule has 9 nitrogen and oxygen atoms in total. The smallest absolute Gasteiger partial charge is 0.397 e. The summed E-state index contributed by atoms with van der Waals surface area (Å²) in [5.74, 6) is -0.949. The normalized spacial score (nSPS) is 11.8. The number of nitrogens with zero attached hydrogens (tertiary/aromatic N) is 4. The summed E-state index contributed by atoms with van der Waals surface area (Å²) in [5.41, 5.74) is 0.0886. The first-order valence-corrected chi connectivity index (χ1v) is 12.4. The van der Waals surface area contributed by atoms with Crippen LogP contribution in [0.15, 0.2) is 52.6 Å². The predicted octanol–water partition coefficient (Wildman–Crippen LogP) is 5.19. The van der Waals surface area contributed by atoms with Gasteiger partial charge < -0.3 is 15.0 Å². The number of aryl methyl sites for hydroxylation is 1. The summed E-state index contributed by atoms with van der Waals surface area (Å²) in [6.07, 6.45) is -3.13. The van der Waals surface area contributed by atoms with Crippen molar-refractivity contribution in [1.82, 2.24) is 24.7 Å². The van der Waals surface area contributed by atoms with Crippen molar-refractivity contribution in [3.05, 3.63) is 80.6 Å². The summed E-state index contributed by atoms with van der Waals surface area (Å²) in [6.45, 7) is 3.80. The Labute approximate surface area is 233 Å². The van der Waals surface area contributed by atoms with Crippen LogP contribution in [0.4, 0.5) is 36.4 Å². The molecule has 4 aromatic rings. The Bertz CT molecular complexity index is 1620. The van der Waals surface area contributed by atoms with Gasteiger partial charge in [-0.2, -0.15) is 31.4 Å². The van der Waals surface area contributed by atoms with Crippen molar-refractivity contribution in [3.8, 4) is 11.4 Å². The Kier molecular flexibility index (Phi) is 10.4. The van der Waals surface area contributed by atoms with Crippen LogP contribution in [0.3, 0.4) is 0 Å². The maximum atomic E-state index is 14.6. The highest BCUT2D eigenvalue weighted by atomic mass is 19.4. The number of aromatic amines is 1. The fourth-order valence-electron chi connectivity index (χ4n) is 3.78. The maximum Gasteiger partial charge on any atom is 0.423 e. The average Bonchev–Trinajstić information content (AvgIpc) is 2.91. The summed E-state index contributed by atoms with van der Waals surface area (Å²) in [5, 5.41) is 5.40. The molecule has 4 rings (SSSR count). The number of hydrogen-bond donors (Lipinski definition) is 2. The molecule has 3 N–H and O–H groups in total. The molecule has 0 bridgehead atoms. The van der Waals surface area contributed by atoms with Crippen LogP contribution in [0, 0.1) is 5.82 Å². The average molecular weight is 603 g/mol. The molecular formula is C26H25F7N6O3. The number of pyridine rings is 1. The number of benzene rings is 1. The van der Waals surface area contributed by atoms with E-state index < -0.39 is 40.5 Å². The minimum Gasteiger partial charge on any atom is -0.397 e. The lowest BCUT2D eigenvalue weighted by atomic mass is 10.1. The van der Waals surface area contributed by atoms with Gasteiger partial charge >= 0.3 is 12.4 Å². The van der Waals surface area contributed by atoms with Crippen molar-refractivity contribution >= 4 is 16.5 Å². The van der Waals surface area contributed by atoms with Gasteiger partial charge in [0.2, 0.25) is 0 Å². The van der Waals surface area contributed by atoms with E-state index in [4.69, 9.17) is 10.5 Å². The van der Waals surface area contributed by atoms with Crippen LogP contribution in [-0.4, -0.2) is 37.9 Å². The third-order valence-electron chi connectivity index (χ3n) is 5.85. The van der Waals surface area contributed by atoms with Crippen LogP contribution < -0.4 is 16.9 Å². The predicted molar refractivity (Wildman–Crippen MR) is 139 cm³/mol. The second-order valence-electron chi connectivity index (χ2n) is 8.81. The summed E-state index contributed by atoms with van der Waals surface area (Å²) in [6, 6.07) is 4.13. The van der Waals surface area contributed by atoms with E-state index in [0.29, 0.717) is 37.5 Å². The molecule has 3 heterocycles. The van der Waals surface area contributed by atoms with E-state index in [1.165, 1.54) is 10.6 Å². The number of nitrogens with one attached hydrogen (secondary N) is 1. The van der Waals surface area contributed by atoms with Crippen molar-refractivity contribution in [2.45, 2.75) is 45.1 Å². The number of aromatic nitrogens is 5. The number of anilines is 1. The van der Waals surface area contributed by atoms with Gasteiger partial charge in [-0.15, -0.1) is 0 Å². The van der Waals surface area contributed by atoms with E-state index in [0.717, 1.165) is 31.5 Å². The monoisotopic (exact) mass is 602 g/mol. The largest absolute Gasteiger partial charge is 0.423 e. The Balaban J connectivity index is 0.000000337. The van der Waals surface area contributed by atoms with Gasteiger partial charge in [0, 0.05) is 38.3 Å². The number of rotatable bonds is 8. The molecule has 0 radical (unpaired) electrons. The van der Waals surface area contributed by atoms with E-state index in [9.17, 15) is 40.3 Å². The van der Waals surface area contributed by atoms with E-state index in [2.05, 4.69) is 15.1 Å². The van der Waals surface area contributed by atoms with Gasteiger partial charge in [-0.1, -0.05) is 0 Å². The fraction of sp³-hybridized carbons (Fsp3) is 0.346. The first kappa shape index (κ1) is 32.2. The molecule has 0 aliphatic rings. The minimum atomic E-state index is -4.74. The molecule has 0 unspecified atom stereocenters. The molecule has 0 aliphatic carbocycles. The summed E-state index contributed by atoms with van der Waals surface area (Å²) >= 11 is 0. The molecule has 226 valence electrons. The van der Waals surface area contributed by atoms with Crippen molar-refractivity contribution in [2.75, 3.05) is 18.9 Å². The third kappa shape index (κ3) is 8.11. The topological polar surface area (TPSA) is 129 Å². The summed E-state index contributed by atoms with van der Waals surface area (Å²) in [4.78, 5) is 30.5. The van der Waals surface area contributed by atoms with Crippen LogP contribution in [0.25, 0.3) is 22.2 Å². The lowest BCUT2D eigenvalue weighted by Crippen LogP contribution is -2.24. The number of hydrogen-bond acceptors (Lipinski definition) is 7. The second-order valence-corrected chi connectivity index (χ2v) is 8.81. The molecular weight excluding hydrogens is 577 g/mol. The van der Waals surface area contributed by atoms with Crippen LogP contribution in [0.5, 0.6) is 0 Å². The number of unbranched alkanes of at least 4 members (excludes halogenated alkanes) is 2. The third-order valence-corrected chi connectivity index (χ3v) is 5.85. The molecule has 3 aromatic heterocycles. The van der Waals surface area contributed by atoms with E-state index >= 15 is 0 Å². The van der Waals surface area contributed by atoms with Gasteiger partial charge in [0.25, 0.3) is 11.1 Å². The SMILES string of the molecule is CCOCCCCCn1ccc2cc(-c3ncc(C(F)(F)F)cn3)c(F)cc2c1=O.Nc1cn[nH]c(=O)c1C(F)(F)F. The van der Waals surface area contributed by atoms with Gasteiger partial charge in [-0.05, 0) is 49.8 Å². The Hall–Kier alpha value is -4.34. The van der Waals surface area contributed by atoms with Gasteiger partial charge in [0.15, 0.2) is 5.82 Å². The highest BCUT2D eigenvalue weighted by Crippen LogP contribution is 2.30. The van der Waals surface area contributed by atoms with Gasteiger partial charge in [0.1, 0.15) is 11.4 Å². The Morgan fingerprint density at radius 2 is 1.67 bits per heavy atom. The number of ether oxygens (including phenoxy) is 1. The van der Waals surface area contributed by atoms with Crippen LogP contribution >= 0.6 is 0 Å². The molecule has 0 saturated carbocycles. The summed E-state index contributed by atoms with van der Waals surface area (Å²) < 4.78 is 95.3. The first-order chi connectivity index (χ1) is 19.7. The summed E-state index contributed by atoms with van der Waals surface area (Å²) in [7, 11) is 0. The fourth-order valence-corrected chi connectivity index (χ4v) is 3.78. The molecule has 42 heavy (non-hydrogen) atoms. The highest BCUT2D eigenvalue weighted by molar-refractivity contribution is 5.85. The van der Waals surface area contributed by atoms with E-state index in [-0.39, 0.29) is 22.3 Å². The zero-order chi connectivity index (χ0) is 31.1. The van der Waals surface area contributed by atoms with Crippen LogP contribution in [0.2, 0.25) is 0 Å². The quantitative estimate of drug-likeness (QED) is 0.210. The van der Waals surface area contributed by atoms with Crippen molar-refractivity contribution in [2.24, 2.45) is 0 Å². The Morgan fingerprint density at radius 3 is 2.24 bits per heavy atom. The van der Waals surface area contributed by atoms with E-state index in [1.54, 1.807) is 17.4 Å². The number of alkyl halides is 6. The number of halogens is 7. The Morgan fingerprint density at radius 1 is 0.976 bits per heavy atom. The molecule has 0 atom stereocenters. The molecule has 1 aromatic carbocycles. The van der Waals surface area contributed by atoms with Crippen LogP contribution in [-0.2, 0) is 23.6 Å². The zero-order valence-electron chi connectivity index (χ0n) is 22.0. The molecule has 0 saturated heterocycles. The zero-order valence-corrected chi connectivity index (χ0v) is 22.0. The lowest BCUT2D eigenvalue weighted by Gasteiger charge is -2.10. The van der Waals surface area contributed by atoms with Gasteiger partial charge in [-0.25, -0.2) is 19.5 Å². The van der Waals surface area contributed by atoms with Gasteiger partial charge in [0.05, 0.1) is 28.4 Å². The molecule has 0 spiro atoms. The number of fused-ring (bicyclic) bond motifs is 1. The molecule has 16 heteroatoms. The minimum absolute atomic E-state index is 0.0655. The first-order valence-electron chi connectivity index (χ1n) is 12.4. The number of nitrogen functional groups attached to an aromatic ring is 1. The number of H-pyrrole nitrogens is 1. The highest BCUT2D eigenvalue weighted by Gasteiger charge is 2.36. The van der Waals surface area contributed by atoms with Crippen molar-refractivity contribution in [3.63, 3.8) is 0 Å². The standard InChI is InChI=1S/C21H21F4N3O2.C5H4F3N3O/c1-2-30-9-5-3-4-7-28-8-6-14-10-17(18(22)11-16(14)20(28)29)19-26-12-15(13-27-19)21(23,24)25;6-5(7,8)3-2(9)1-10-11-4(3)12/h6,8,10-13H,2-5,7,9H2,1H3;1H,(H3,9,11,12). The molecule has 0 fully saturated rings. The van der Waals surface area contributed by atoms with Crippen molar-refractivity contribution in [1.29, 1.82) is 0 Å². The maximum absolute atomic E-state index is 14.6. The molecule has 0 amide bonds. The second kappa shape index (κ2) is 13.5. The van der Waals surface area contributed by atoms with E-state index in [1.807, 2.05) is 6.92 Å². The van der Waals surface area contributed by atoms with Crippen LogP contribution in [0.1, 0.15) is 37.3 Å². The number of nitrogens with two attached hydrogens (primary N) is 1. The van der Waals surface area contributed by atoms with Gasteiger partial charge in [-0.3, -0.25) is 9.59 Å². The van der Waals surface area contributed by atoms with Crippen molar-refractivity contribution < 1.29 is 35.5 Å².